The number of carbonyl (C=O) groups excluding carboxylic acids is 1. The number of ether oxygens (including phenoxy) is 1. The fourth-order valence-corrected chi connectivity index (χ4v) is 2.85. The van der Waals surface area contributed by atoms with Crippen LogP contribution in [0, 0.1) is 5.92 Å². The Hall–Kier alpha value is -1.39. The molecule has 1 fully saturated rings. The highest BCUT2D eigenvalue weighted by atomic mass is 16.5. The molecule has 4 nitrogen and oxygen atoms in total. The molecule has 0 spiro atoms. The molecule has 0 aromatic heterocycles. The first-order chi connectivity index (χ1) is 9.13. The average molecular weight is 261 g/mol. The standard InChI is InChI=1S/C15H19NO3/c1-16(7-10-4-14(17)5-10)15(18)11-2-3-12-8-19-9-13(12)6-11/h2-3,6,10,14,17H,4-5,7-9H2,1H3. The molecule has 4 heteroatoms. The molecule has 2 aliphatic rings. The molecule has 1 saturated carbocycles. The van der Waals surface area contributed by atoms with Crippen LogP contribution in [0.15, 0.2) is 18.2 Å². The Morgan fingerprint density at radius 2 is 2.11 bits per heavy atom. The normalized spacial score (nSPS) is 24.7. The first kappa shape index (κ1) is 12.6. The van der Waals surface area contributed by atoms with Crippen LogP contribution in [-0.4, -0.2) is 35.6 Å². The molecule has 0 atom stereocenters. The maximum Gasteiger partial charge on any atom is 0.253 e. The molecule has 102 valence electrons. The first-order valence-corrected chi connectivity index (χ1v) is 6.76. The van der Waals surface area contributed by atoms with E-state index >= 15 is 0 Å². The fourth-order valence-electron chi connectivity index (χ4n) is 2.85. The summed E-state index contributed by atoms with van der Waals surface area (Å²) in [5.41, 5.74) is 3.03. The number of benzene rings is 1. The molecule has 3 rings (SSSR count). The lowest BCUT2D eigenvalue weighted by Gasteiger charge is -2.34. The van der Waals surface area contributed by atoms with E-state index in [2.05, 4.69) is 0 Å². The van der Waals surface area contributed by atoms with Crippen molar-refractivity contribution >= 4 is 5.91 Å². The van der Waals surface area contributed by atoms with Crippen molar-refractivity contribution in [1.29, 1.82) is 0 Å². The number of aliphatic hydroxyl groups is 1. The van der Waals surface area contributed by atoms with E-state index in [1.165, 1.54) is 5.56 Å². The van der Waals surface area contributed by atoms with Gasteiger partial charge in [0.15, 0.2) is 0 Å². The molecule has 1 N–H and O–H groups in total. The monoisotopic (exact) mass is 261 g/mol. The quantitative estimate of drug-likeness (QED) is 0.898. The van der Waals surface area contributed by atoms with Gasteiger partial charge in [0.05, 0.1) is 19.3 Å². The Kier molecular flexibility index (Phi) is 3.29. The number of nitrogens with zero attached hydrogens (tertiary/aromatic N) is 1. The SMILES string of the molecule is CN(CC1CC(O)C1)C(=O)c1ccc2c(c1)COC2. The highest BCUT2D eigenvalue weighted by Crippen LogP contribution is 2.28. The first-order valence-electron chi connectivity index (χ1n) is 6.76. The lowest BCUT2D eigenvalue weighted by atomic mass is 9.82. The van der Waals surface area contributed by atoms with Crippen molar-refractivity contribution in [3.8, 4) is 0 Å². The predicted molar refractivity (Wildman–Crippen MR) is 70.6 cm³/mol. The molecule has 0 bridgehead atoms. The summed E-state index contributed by atoms with van der Waals surface area (Å²) in [6, 6.07) is 5.80. The van der Waals surface area contributed by atoms with Gasteiger partial charge in [-0.3, -0.25) is 4.79 Å². The third kappa shape index (κ3) is 2.51. The molecular formula is C15H19NO3. The molecule has 1 aromatic rings. The summed E-state index contributed by atoms with van der Waals surface area (Å²) in [4.78, 5) is 14.1. The zero-order valence-electron chi connectivity index (χ0n) is 11.1. The van der Waals surface area contributed by atoms with Crippen molar-refractivity contribution in [2.45, 2.75) is 32.2 Å². The highest BCUT2D eigenvalue weighted by Gasteiger charge is 2.29. The molecule has 1 aromatic carbocycles. The van der Waals surface area contributed by atoms with Gasteiger partial charge in [-0.15, -0.1) is 0 Å². The second-order valence-corrected chi connectivity index (χ2v) is 5.65. The summed E-state index contributed by atoms with van der Waals surface area (Å²) in [6.45, 7) is 1.98. The van der Waals surface area contributed by atoms with Crippen LogP contribution in [0.3, 0.4) is 0 Å². The molecule has 0 radical (unpaired) electrons. The number of fused-ring (bicyclic) bond motifs is 1. The van der Waals surface area contributed by atoms with Crippen molar-refractivity contribution in [1.82, 2.24) is 4.90 Å². The zero-order chi connectivity index (χ0) is 13.4. The lowest BCUT2D eigenvalue weighted by molar-refractivity contribution is 0.0265. The van der Waals surface area contributed by atoms with Crippen LogP contribution in [0.5, 0.6) is 0 Å². The van der Waals surface area contributed by atoms with Crippen molar-refractivity contribution in [2.24, 2.45) is 5.92 Å². The minimum atomic E-state index is -0.161. The molecule has 0 unspecified atom stereocenters. The van der Waals surface area contributed by atoms with Crippen molar-refractivity contribution in [2.75, 3.05) is 13.6 Å². The van der Waals surface area contributed by atoms with Crippen LogP contribution < -0.4 is 0 Å². The largest absolute Gasteiger partial charge is 0.393 e. The molecule has 1 aliphatic carbocycles. The topological polar surface area (TPSA) is 49.8 Å². The summed E-state index contributed by atoms with van der Waals surface area (Å²) < 4.78 is 5.36. The molecule has 19 heavy (non-hydrogen) atoms. The summed E-state index contributed by atoms with van der Waals surface area (Å²) in [5.74, 6) is 0.498. The fraction of sp³-hybridized carbons (Fsp3) is 0.533. The van der Waals surface area contributed by atoms with Crippen LogP contribution in [0.4, 0.5) is 0 Å². The van der Waals surface area contributed by atoms with Gasteiger partial charge >= 0.3 is 0 Å². The number of carbonyl (C=O) groups is 1. The smallest absolute Gasteiger partial charge is 0.253 e. The van der Waals surface area contributed by atoms with Gasteiger partial charge in [0, 0.05) is 19.2 Å². The number of aliphatic hydroxyl groups excluding tert-OH is 1. The molecular weight excluding hydrogens is 242 g/mol. The van der Waals surface area contributed by atoms with Crippen LogP contribution in [-0.2, 0) is 18.0 Å². The van der Waals surface area contributed by atoms with Crippen molar-refractivity contribution in [3.05, 3.63) is 34.9 Å². The Bertz CT molecular complexity index is 494. The average Bonchev–Trinajstić information content (AvgIpc) is 2.83. The maximum atomic E-state index is 12.3. The Morgan fingerprint density at radius 3 is 2.84 bits per heavy atom. The number of rotatable bonds is 3. The highest BCUT2D eigenvalue weighted by molar-refractivity contribution is 5.94. The Balaban J connectivity index is 1.66. The van der Waals surface area contributed by atoms with Crippen LogP contribution in [0.1, 0.15) is 34.3 Å². The number of hydrogen-bond donors (Lipinski definition) is 1. The van der Waals surface area contributed by atoms with Gasteiger partial charge < -0.3 is 14.7 Å². The molecule has 1 heterocycles. The predicted octanol–water partition coefficient (Wildman–Crippen LogP) is 1.56. The number of hydrogen-bond acceptors (Lipinski definition) is 3. The molecule has 1 aliphatic heterocycles. The van der Waals surface area contributed by atoms with Crippen LogP contribution >= 0.6 is 0 Å². The number of amides is 1. The van der Waals surface area contributed by atoms with Gasteiger partial charge in [0.2, 0.25) is 0 Å². The third-order valence-corrected chi connectivity index (χ3v) is 4.06. The molecule has 1 amide bonds. The summed E-state index contributed by atoms with van der Waals surface area (Å²) in [6.07, 6.45) is 1.47. The minimum absolute atomic E-state index is 0.0519. The maximum absolute atomic E-state index is 12.3. The van der Waals surface area contributed by atoms with Crippen molar-refractivity contribution < 1.29 is 14.6 Å². The zero-order valence-corrected chi connectivity index (χ0v) is 11.1. The Morgan fingerprint density at radius 1 is 1.37 bits per heavy atom. The summed E-state index contributed by atoms with van der Waals surface area (Å²) in [7, 11) is 1.83. The Labute approximate surface area is 113 Å². The van der Waals surface area contributed by atoms with Crippen molar-refractivity contribution in [3.63, 3.8) is 0 Å². The minimum Gasteiger partial charge on any atom is -0.393 e. The van der Waals surface area contributed by atoms with E-state index in [0.717, 1.165) is 30.5 Å². The van der Waals surface area contributed by atoms with Crippen LogP contribution in [0.25, 0.3) is 0 Å². The van der Waals surface area contributed by atoms with Gasteiger partial charge in [-0.25, -0.2) is 0 Å². The van der Waals surface area contributed by atoms with Gasteiger partial charge in [-0.1, -0.05) is 6.07 Å². The third-order valence-electron chi connectivity index (χ3n) is 4.06. The van der Waals surface area contributed by atoms with Gasteiger partial charge in [0.25, 0.3) is 5.91 Å². The van der Waals surface area contributed by atoms with Crippen LogP contribution in [0.2, 0.25) is 0 Å². The van der Waals surface area contributed by atoms with Gasteiger partial charge in [0.1, 0.15) is 0 Å². The molecule has 0 saturated heterocycles. The van der Waals surface area contributed by atoms with E-state index in [1.807, 2.05) is 25.2 Å². The second-order valence-electron chi connectivity index (χ2n) is 5.65. The lowest BCUT2D eigenvalue weighted by Crippen LogP contribution is -2.39. The summed E-state index contributed by atoms with van der Waals surface area (Å²) in [5, 5.41) is 9.28. The van der Waals surface area contributed by atoms with E-state index in [9.17, 15) is 9.90 Å². The van der Waals surface area contributed by atoms with E-state index in [-0.39, 0.29) is 12.0 Å². The van der Waals surface area contributed by atoms with Gasteiger partial charge in [-0.2, -0.15) is 0 Å². The van der Waals surface area contributed by atoms with E-state index < -0.39 is 0 Å². The van der Waals surface area contributed by atoms with E-state index in [0.29, 0.717) is 19.1 Å². The van der Waals surface area contributed by atoms with E-state index in [4.69, 9.17) is 4.74 Å². The second kappa shape index (κ2) is 4.94. The summed E-state index contributed by atoms with van der Waals surface area (Å²) >= 11 is 0. The van der Waals surface area contributed by atoms with E-state index in [1.54, 1.807) is 4.90 Å². The van der Waals surface area contributed by atoms with Gasteiger partial charge in [-0.05, 0) is 42.0 Å².